The fraction of sp³-hybridized carbons (Fsp3) is 0.300. The molecule has 82 valence electrons. The number of rotatable bonds is 4. The zero-order valence-corrected chi connectivity index (χ0v) is 9.13. The number of hydrogen-bond acceptors (Lipinski definition) is 2. The summed E-state index contributed by atoms with van der Waals surface area (Å²) in [5.41, 5.74) is 5.31. The summed E-state index contributed by atoms with van der Waals surface area (Å²) in [6.45, 7) is 2.52. The summed E-state index contributed by atoms with van der Waals surface area (Å²) in [6.07, 6.45) is 0.831. The van der Waals surface area contributed by atoms with E-state index < -0.39 is 11.6 Å². The zero-order valence-electron chi connectivity index (χ0n) is 8.31. The predicted octanol–water partition coefficient (Wildman–Crippen LogP) is 2.42. The van der Waals surface area contributed by atoms with Gasteiger partial charge in [-0.2, -0.15) is 0 Å². The van der Waals surface area contributed by atoms with Gasteiger partial charge in [-0.3, -0.25) is 0 Å². The van der Waals surface area contributed by atoms with Gasteiger partial charge < -0.3 is 11.1 Å². The summed E-state index contributed by atoms with van der Waals surface area (Å²) >= 11 is 4.59. The molecule has 0 bridgehead atoms. The topological polar surface area (TPSA) is 38.0 Å². The van der Waals surface area contributed by atoms with E-state index in [0.717, 1.165) is 6.42 Å². The molecule has 0 fully saturated rings. The van der Waals surface area contributed by atoms with Crippen LogP contribution in [-0.2, 0) is 0 Å². The predicted molar refractivity (Wildman–Crippen MR) is 61.0 cm³/mol. The first-order valence-electron chi connectivity index (χ1n) is 4.59. The maximum atomic E-state index is 13.4. The molecule has 0 saturated carbocycles. The van der Waals surface area contributed by atoms with E-state index in [1.54, 1.807) is 0 Å². The monoisotopic (exact) mass is 230 g/mol. The Balaban J connectivity index is 3.04. The average molecular weight is 230 g/mol. The molecule has 0 aliphatic rings. The minimum Gasteiger partial charge on any atom is -0.389 e. The minimum absolute atomic E-state index is 0.0652. The minimum atomic E-state index is -0.997. The SMILES string of the molecule is CCCNc1ccc(C(N)=S)c(F)c1F. The Kier molecular flexibility index (Phi) is 3.96. The maximum Gasteiger partial charge on any atom is 0.182 e. The normalized spacial score (nSPS) is 10.1. The van der Waals surface area contributed by atoms with Gasteiger partial charge in [-0.25, -0.2) is 8.78 Å². The molecule has 1 aromatic rings. The molecule has 0 heterocycles. The second kappa shape index (κ2) is 5.02. The Morgan fingerprint density at radius 2 is 2.07 bits per heavy atom. The van der Waals surface area contributed by atoms with Crippen LogP contribution in [0.5, 0.6) is 0 Å². The molecular weight excluding hydrogens is 218 g/mol. The lowest BCUT2D eigenvalue weighted by atomic mass is 10.1. The molecule has 5 heteroatoms. The van der Waals surface area contributed by atoms with Crippen molar-refractivity contribution in [3.63, 3.8) is 0 Å². The van der Waals surface area contributed by atoms with Gasteiger partial charge in [0.2, 0.25) is 0 Å². The fourth-order valence-corrected chi connectivity index (χ4v) is 1.29. The smallest absolute Gasteiger partial charge is 0.182 e. The van der Waals surface area contributed by atoms with E-state index in [1.807, 2.05) is 6.92 Å². The molecule has 1 rings (SSSR count). The standard InChI is InChI=1S/C10H12F2N2S/c1-2-5-14-7-4-3-6(10(13)15)8(11)9(7)12/h3-4,14H,2,5H2,1H3,(H2,13,15). The number of benzene rings is 1. The van der Waals surface area contributed by atoms with Gasteiger partial charge in [-0.1, -0.05) is 19.1 Å². The third-order valence-corrected chi connectivity index (χ3v) is 2.13. The van der Waals surface area contributed by atoms with Gasteiger partial charge in [0.25, 0.3) is 0 Å². The van der Waals surface area contributed by atoms with E-state index in [1.165, 1.54) is 12.1 Å². The zero-order chi connectivity index (χ0) is 11.4. The van der Waals surface area contributed by atoms with Crippen LogP contribution in [-0.4, -0.2) is 11.5 Å². The quantitative estimate of drug-likeness (QED) is 0.780. The molecule has 15 heavy (non-hydrogen) atoms. The Bertz CT molecular complexity index is 380. The van der Waals surface area contributed by atoms with E-state index >= 15 is 0 Å². The lowest BCUT2D eigenvalue weighted by Gasteiger charge is -2.08. The van der Waals surface area contributed by atoms with Crippen LogP contribution >= 0.6 is 12.2 Å². The largest absolute Gasteiger partial charge is 0.389 e. The van der Waals surface area contributed by atoms with Crippen LogP contribution in [0.2, 0.25) is 0 Å². The number of nitrogens with two attached hydrogens (primary N) is 1. The van der Waals surface area contributed by atoms with E-state index in [2.05, 4.69) is 17.5 Å². The van der Waals surface area contributed by atoms with Crippen LogP contribution in [0.3, 0.4) is 0 Å². The van der Waals surface area contributed by atoms with Crippen molar-refractivity contribution in [2.75, 3.05) is 11.9 Å². The molecule has 0 atom stereocenters. The Morgan fingerprint density at radius 1 is 1.40 bits per heavy atom. The maximum absolute atomic E-state index is 13.4. The first-order chi connectivity index (χ1) is 7.07. The first kappa shape index (κ1) is 11.8. The van der Waals surface area contributed by atoms with E-state index in [4.69, 9.17) is 5.73 Å². The van der Waals surface area contributed by atoms with Crippen molar-refractivity contribution in [2.24, 2.45) is 5.73 Å². The van der Waals surface area contributed by atoms with Crippen LogP contribution < -0.4 is 11.1 Å². The highest BCUT2D eigenvalue weighted by molar-refractivity contribution is 7.80. The summed E-state index contributed by atoms with van der Waals surface area (Å²) in [7, 11) is 0. The average Bonchev–Trinajstić information content (AvgIpc) is 2.20. The molecule has 0 unspecified atom stereocenters. The third-order valence-electron chi connectivity index (χ3n) is 1.91. The van der Waals surface area contributed by atoms with Crippen LogP contribution in [0.1, 0.15) is 18.9 Å². The van der Waals surface area contributed by atoms with Gasteiger partial charge in [0.15, 0.2) is 11.6 Å². The fourth-order valence-electron chi connectivity index (χ4n) is 1.14. The van der Waals surface area contributed by atoms with Crippen molar-refractivity contribution in [1.29, 1.82) is 0 Å². The number of hydrogen-bond donors (Lipinski definition) is 2. The number of nitrogens with one attached hydrogen (secondary N) is 1. The summed E-state index contributed by atoms with van der Waals surface area (Å²) in [4.78, 5) is -0.145. The molecule has 3 N–H and O–H groups in total. The number of anilines is 1. The molecule has 0 aromatic heterocycles. The second-order valence-corrected chi connectivity index (χ2v) is 3.52. The first-order valence-corrected chi connectivity index (χ1v) is 5.00. The van der Waals surface area contributed by atoms with Crippen molar-refractivity contribution >= 4 is 22.9 Å². The molecule has 0 aliphatic carbocycles. The summed E-state index contributed by atoms with van der Waals surface area (Å²) in [5, 5.41) is 2.77. The number of halogens is 2. The summed E-state index contributed by atoms with van der Waals surface area (Å²) in [6, 6.07) is 2.81. The van der Waals surface area contributed by atoms with Gasteiger partial charge in [0.05, 0.1) is 5.69 Å². The highest BCUT2D eigenvalue weighted by Gasteiger charge is 2.14. The van der Waals surface area contributed by atoms with Crippen LogP contribution in [0.4, 0.5) is 14.5 Å². The van der Waals surface area contributed by atoms with Crippen molar-refractivity contribution in [3.8, 4) is 0 Å². The van der Waals surface area contributed by atoms with Crippen molar-refractivity contribution < 1.29 is 8.78 Å². The van der Waals surface area contributed by atoms with Gasteiger partial charge in [0.1, 0.15) is 4.99 Å². The molecular formula is C10H12F2N2S. The molecule has 0 spiro atoms. The van der Waals surface area contributed by atoms with E-state index in [9.17, 15) is 8.78 Å². The lowest BCUT2D eigenvalue weighted by molar-refractivity contribution is 0.509. The van der Waals surface area contributed by atoms with Gasteiger partial charge in [-0.15, -0.1) is 0 Å². The highest BCUT2D eigenvalue weighted by Crippen LogP contribution is 2.20. The highest BCUT2D eigenvalue weighted by atomic mass is 32.1. The van der Waals surface area contributed by atoms with Gasteiger partial charge in [-0.05, 0) is 18.6 Å². The van der Waals surface area contributed by atoms with Crippen molar-refractivity contribution in [2.45, 2.75) is 13.3 Å². The van der Waals surface area contributed by atoms with Crippen molar-refractivity contribution in [3.05, 3.63) is 29.3 Å². The van der Waals surface area contributed by atoms with Gasteiger partial charge >= 0.3 is 0 Å². The van der Waals surface area contributed by atoms with Gasteiger partial charge in [0, 0.05) is 12.1 Å². The molecule has 0 saturated heterocycles. The Hall–Kier alpha value is -1.23. The lowest BCUT2D eigenvalue weighted by Crippen LogP contribution is -2.14. The molecule has 0 amide bonds. The Labute approximate surface area is 92.5 Å². The van der Waals surface area contributed by atoms with Crippen LogP contribution in [0, 0.1) is 11.6 Å². The Morgan fingerprint density at radius 3 is 2.60 bits per heavy atom. The molecule has 1 aromatic carbocycles. The van der Waals surface area contributed by atoms with Crippen molar-refractivity contribution in [1.82, 2.24) is 0 Å². The van der Waals surface area contributed by atoms with E-state index in [0.29, 0.717) is 6.54 Å². The summed E-state index contributed by atoms with van der Waals surface area (Å²) in [5.74, 6) is -1.93. The molecule has 0 aliphatic heterocycles. The van der Waals surface area contributed by atoms with E-state index in [-0.39, 0.29) is 16.2 Å². The number of thiocarbonyl (C=S) groups is 1. The third kappa shape index (κ3) is 2.62. The van der Waals surface area contributed by atoms with Crippen LogP contribution in [0.25, 0.3) is 0 Å². The summed E-state index contributed by atoms with van der Waals surface area (Å²) < 4.78 is 26.8. The molecule has 2 nitrogen and oxygen atoms in total. The second-order valence-electron chi connectivity index (χ2n) is 3.08. The van der Waals surface area contributed by atoms with Crippen LogP contribution in [0.15, 0.2) is 12.1 Å². The molecule has 0 radical (unpaired) electrons.